The molecule has 0 aliphatic carbocycles. The summed E-state index contributed by atoms with van der Waals surface area (Å²) in [6.07, 6.45) is 1.56. The first kappa shape index (κ1) is 16.9. The Bertz CT molecular complexity index is 716. The van der Waals surface area contributed by atoms with Gasteiger partial charge in [-0.15, -0.1) is 0 Å². The van der Waals surface area contributed by atoms with E-state index in [0.717, 1.165) is 40.2 Å². The fourth-order valence-corrected chi connectivity index (χ4v) is 2.82. The van der Waals surface area contributed by atoms with Crippen LogP contribution < -0.4 is 9.47 Å². The van der Waals surface area contributed by atoms with Crippen molar-refractivity contribution in [2.75, 3.05) is 14.2 Å². The summed E-state index contributed by atoms with van der Waals surface area (Å²) in [6, 6.07) is 14.5. The number of ether oxygens (including phenoxy) is 2. The number of hydrogen-bond donors (Lipinski definition) is 0. The highest BCUT2D eigenvalue weighted by Gasteiger charge is 2.17. The zero-order valence-corrected chi connectivity index (χ0v) is 14.2. The summed E-state index contributed by atoms with van der Waals surface area (Å²) in [5, 5.41) is 9.65. The Morgan fingerprint density at radius 3 is 2.35 bits per heavy atom. The molecule has 0 aliphatic rings. The van der Waals surface area contributed by atoms with Crippen LogP contribution in [-0.2, 0) is 12.8 Å². The number of nitrogens with zero attached hydrogens (tertiary/aromatic N) is 1. The molecule has 1 unspecified atom stereocenters. The molecule has 1 atom stereocenters. The van der Waals surface area contributed by atoms with Gasteiger partial charge in [-0.3, -0.25) is 0 Å². The lowest BCUT2D eigenvalue weighted by atomic mass is 9.90. The van der Waals surface area contributed by atoms with Gasteiger partial charge < -0.3 is 9.47 Å². The van der Waals surface area contributed by atoms with Crippen molar-refractivity contribution in [2.24, 2.45) is 0 Å². The first-order valence-electron chi connectivity index (χ1n) is 7.82. The summed E-state index contributed by atoms with van der Waals surface area (Å²) in [5.41, 5.74) is 4.38. The molecule has 0 radical (unpaired) electrons. The molecule has 120 valence electrons. The SMILES string of the molecule is CCc1cc(CC(C#N)c2cc(C)ccc2OC)ccc1OC. The normalized spacial score (nSPS) is 11.6. The molecule has 3 nitrogen and oxygen atoms in total. The highest BCUT2D eigenvalue weighted by atomic mass is 16.5. The molecule has 0 N–H and O–H groups in total. The molecule has 2 aromatic carbocycles. The van der Waals surface area contributed by atoms with Gasteiger partial charge in [-0.2, -0.15) is 5.26 Å². The molecule has 0 aliphatic heterocycles. The number of benzene rings is 2. The molecule has 0 fully saturated rings. The topological polar surface area (TPSA) is 42.2 Å². The smallest absolute Gasteiger partial charge is 0.123 e. The van der Waals surface area contributed by atoms with Crippen molar-refractivity contribution in [3.05, 3.63) is 58.7 Å². The van der Waals surface area contributed by atoms with Crippen molar-refractivity contribution in [3.8, 4) is 17.6 Å². The van der Waals surface area contributed by atoms with Gasteiger partial charge in [-0.1, -0.05) is 36.8 Å². The summed E-state index contributed by atoms with van der Waals surface area (Å²) >= 11 is 0. The van der Waals surface area contributed by atoms with E-state index < -0.39 is 0 Å². The molecule has 2 rings (SSSR count). The predicted molar refractivity (Wildman–Crippen MR) is 92.2 cm³/mol. The van der Waals surface area contributed by atoms with Crippen LogP contribution in [0.5, 0.6) is 11.5 Å². The number of aryl methyl sites for hydroxylation is 2. The van der Waals surface area contributed by atoms with E-state index >= 15 is 0 Å². The van der Waals surface area contributed by atoms with E-state index in [0.29, 0.717) is 6.42 Å². The minimum Gasteiger partial charge on any atom is -0.496 e. The standard InChI is InChI=1S/C20H23NO2/c1-5-16-11-15(7-9-19(16)22-3)12-17(13-21)18-10-14(2)6-8-20(18)23-4/h6-11,17H,5,12H2,1-4H3. The van der Waals surface area contributed by atoms with Gasteiger partial charge in [0.2, 0.25) is 0 Å². The number of methoxy groups -OCH3 is 2. The minimum absolute atomic E-state index is 0.233. The van der Waals surface area contributed by atoms with E-state index in [-0.39, 0.29) is 5.92 Å². The van der Waals surface area contributed by atoms with Crippen LogP contribution in [0.3, 0.4) is 0 Å². The van der Waals surface area contributed by atoms with E-state index in [1.165, 1.54) is 0 Å². The van der Waals surface area contributed by atoms with Gasteiger partial charge in [0.25, 0.3) is 0 Å². The molecular formula is C20H23NO2. The van der Waals surface area contributed by atoms with Crippen LogP contribution in [0.15, 0.2) is 36.4 Å². The molecule has 0 bridgehead atoms. The van der Waals surface area contributed by atoms with Crippen LogP contribution in [0.2, 0.25) is 0 Å². The van der Waals surface area contributed by atoms with Gasteiger partial charge in [-0.05, 0) is 43.0 Å². The van der Waals surface area contributed by atoms with Crippen molar-refractivity contribution in [1.29, 1.82) is 5.26 Å². The van der Waals surface area contributed by atoms with Gasteiger partial charge >= 0.3 is 0 Å². The Morgan fingerprint density at radius 1 is 1.04 bits per heavy atom. The van der Waals surface area contributed by atoms with Gasteiger partial charge in [-0.25, -0.2) is 0 Å². The van der Waals surface area contributed by atoms with Gasteiger partial charge in [0.05, 0.1) is 26.2 Å². The second kappa shape index (κ2) is 7.69. The molecule has 0 aromatic heterocycles. The summed E-state index contributed by atoms with van der Waals surface area (Å²) < 4.78 is 10.8. The van der Waals surface area contributed by atoms with Crippen molar-refractivity contribution in [3.63, 3.8) is 0 Å². The van der Waals surface area contributed by atoms with E-state index in [4.69, 9.17) is 9.47 Å². The van der Waals surface area contributed by atoms with E-state index in [1.807, 2.05) is 37.3 Å². The van der Waals surface area contributed by atoms with Gasteiger partial charge in [0.15, 0.2) is 0 Å². The van der Waals surface area contributed by atoms with Crippen LogP contribution in [0.4, 0.5) is 0 Å². The summed E-state index contributed by atoms with van der Waals surface area (Å²) in [7, 11) is 3.33. The molecule has 0 saturated heterocycles. The van der Waals surface area contributed by atoms with Crippen LogP contribution >= 0.6 is 0 Å². The number of nitriles is 1. The van der Waals surface area contributed by atoms with Crippen molar-refractivity contribution < 1.29 is 9.47 Å². The zero-order valence-electron chi connectivity index (χ0n) is 14.2. The minimum atomic E-state index is -0.233. The average molecular weight is 309 g/mol. The summed E-state index contributed by atoms with van der Waals surface area (Å²) in [6.45, 7) is 4.13. The fourth-order valence-electron chi connectivity index (χ4n) is 2.82. The second-order valence-electron chi connectivity index (χ2n) is 5.63. The predicted octanol–water partition coefficient (Wildman–Crippen LogP) is 4.42. The van der Waals surface area contributed by atoms with Crippen LogP contribution in [-0.4, -0.2) is 14.2 Å². The highest BCUT2D eigenvalue weighted by molar-refractivity contribution is 5.44. The van der Waals surface area contributed by atoms with Crippen molar-refractivity contribution in [1.82, 2.24) is 0 Å². The summed E-state index contributed by atoms with van der Waals surface area (Å²) in [4.78, 5) is 0. The Hall–Kier alpha value is -2.47. The maximum Gasteiger partial charge on any atom is 0.123 e. The maximum atomic E-state index is 9.65. The van der Waals surface area contributed by atoms with Gasteiger partial charge in [0, 0.05) is 5.56 Å². The molecule has 2 aromatic rings. The first-order valence-corrected chi connectivity index (χ1v) is 7.82. The van der Waals surface area contributed by atoms with Crippen LogP contribution in [0, 0.1) is 18.3 Å². The molecular weight excluding hydrogens is 286 g/mol. The maximum absolute atomic E-state index is 9.65. The van der Waals surface area contributed by atoms with E-state index in [2.05, 4.69) is 19.1 Å². The van der Waals surface area contributed by atoms with Crippen LogP contribution in [0.25, 0.3) is 0 Å². The van der Waals surface area contributed by atoms with Gasteiger partial charge in [0.1, 0.15) is 11.5 Å². The average Bonchev–Trinajstić information content (AvgIpc) is 2.59. The van der Waals surface area contributed by atoms with Crippen LogP contribution in [0.1, 0.15) is 35.1 Å². The second-order valence-corrected chi connectivity index (χ2v) is 5.63. The monoisotopic (exact) mass is 309 g/mol. The molecule has 0 amide bonds. The Balaban J connectivity index is 2.34. The summed E-state index contributed by atoms with van der Waals surface area (Å²) in [5.74, 6) is 1.44. The molecule has 0 heterocycles. The third-order valence-electron chi connectivity index (χ3n) is 4.08. The van der Waals surface area contributed by atoms with E-state index in [1.54, 1.807) is 14.2 Å². The Kier molecular flexibility index (Phi) is 5.65. The van der Waals surface area contributed by atoms with Crippen molar-refractivity contribution >= 4 is 0 Å². The third-order valence-corrected chi connectivity index (χ3v) is 4.08. The Labute approximate surface area is 138 Å². The third kappa shape index (κ3) is 3.84. The fraction of sp³-hybridized carbons (Fsp3) is 0.350. The van der Waals surface area contributed by atoms with Crippen molar-refractivity contribution in [2.45, 2.75) is 32.6 Å². The van der Waals surface area contributed by atoms with E-state index in [9.17, 15) is 5.26 Å². The largest absolute Gasteiger partial charge is 0.496 e. The Morgan fingerprint density at radius 2 is 1.74 bits per heavy atom. The highest BCUT2D eigenvalue weighted by Crippen LogP contribution is 2.31. The molecule has 0 saturated carbocycles. The molecule has 3 heteroatoms. The lowest BCUT2D eigenvalue weighted by Gasteiger charge is -2.16. The zero-order chi connectivity index (χ0) is 16.8. The number of hydrogen-bond acceptors (Lipinski definition) is 3. The number of rotatable bonds is 6. The molecule has 0 spiro atoms. The first-order chi connectivity index (χ1) is 11.1. The molecule has 23 heavy (non-hydrogen) atoms. The lowest BCUT2D eigenvalue weighted by Crippen LogP contribution is -2.04. The lowest BCUT2D eigenvalue weighted by molar-refractivity contribution is 0.407. The quantitative estimate of drug-likeness (QED) is 0.793.